The van der Waals surface area contributed by atoms with Gasteiger partial charge in [0.25, 0.3) is 0 Å². The molecule has 2 rings (SSSR count). The monoisotopic (exact) mass is 481 g/mol. The van der Waals surface area contributed by atoms with Crippen LogP contribution in [-0.2, 0) is 16.0 Å². The summed E-state index contributed by atoms with van der Waals surface area (Å²) in [5.41, 5.74) is 1.22. The summed E-state index contributed by atoms with van der Waals surface area (Å²) in [5, 5.41) is 0. The Labute approximate surface area is 205 Å². The molecule has 4 nitrogen and oxygen atoms in total. The van der Waals surface area contributed by atoms with Gasteiger partial charge in [0, 0.05) is 32.5 Å². The second-order valence-corrected chi connectivity index (χ2v) is 9.60. The maximum absolute atomic E-state index is 13.6. The first kappa shape index (κ1) is 28.7. The van der Waals surface area contributed by atoms with E-state index < -0.39 is 12.8 Å². The minimum absolute atomic E-state index is 0.159. The number of ketones is 1. The fourth-order valence-electron chi connectivity index (χ4n) is 4.51. The molecule has 1 aromatic carbocycles. The number of halogens is 2. The molecule has 2 unspecified atom stereocenters. The van der Waals surface area contributed by atoms with Crippen LogP contribution in [0.2, 0.25) is 0 Å². The van der Waals surface area contributed by atoms with Gasteiger partial charge in [-0.1, -0.05) is 38.3 Å². The van der Waals surface area contributed by atoms with E-state index in [-0.39, 0.29) is 12.5 Å². The number of Topliss-reactive ketones (excluding diaryl/α,β-unsaturated/α-hetero) is 1. The fraction of sp³-hybridized carbons (Fsp3) is 0.750. The summed E-state index contributed by atoms with van der Waals surface area (Å²) in [6.07, 6.45) is 8.90. The summed E-state index contributed by atoms with van der Waals surface area (Å²) in [4.78, 5) is 14.9. The first-order valence-electron chi connectivity index (χ1n) is 13.3. The molecule has 0 amide bonds. The molecule has 1 saturated heterocycles. The van der Waals surface area contributed by atoms with Crippen LogP contribution in [0.4, 0.5) is 8.78 Å². The normalized spacial score (nSPS) is 17.2. The van der Waals surface area contributed by atoms with Gasteiger partial charge in [-0.2, -0.15) is 0 Å². The second kappa shape index (κ2) is 17.8. The Kier molecular flexibility index (Phi) is 15.1. The van der Waals surface area contributed by atoms with Crippen LogP contribution < -0.4 is 4.74 Å². The lowest BCUT2D eigenvalue weighted by Crippen LogP contribution is -2.25. The SMILES string of the molecule is CCCCCOc1ccc(CC(CCN2CCC(F)C2)CC(=O)CCCCCOCCF)cc1. The zero-order chi connectivity index (χ0) is 24.4. The minimum atomic E-state index is -0.709. The molecule has 1 heterocycles. The molecule has 2 atom stereocenters. The highest BCUT2D eigenvalue weighted by Gasteiger charge is 2.23. The third-order valence-electron chi connectivity index (χ3n) is 6.51. The van der Waals surface area contributed by atoms with E-state index in [9.17, 15) is 13.6 Å². The van der Waals surface area contributed by atoms with Gasteiger partial charge in [0.1, 0.15) is 24.4 Å². The molecule has 34 heavy (non-hydrogen) atoms. The predicted molar refractivity (Wildman–Crippen MR) is 134 cm³/mol. The van der Waals surface area contributed by atoms with Crippen molar-refractivity contribution in [3.05, 3.63) is 29.8 Å². The van der Waals surface area contributed by atoms with Crippen molar-refractivity contribution in [2.45, 2.75) is 83.7 Å². The van der Waals surface area contributed by atoms with Crippen LogP contribution in [0.15, 0.2) is 24.3 Å². The van der Waals surface area contributed by atoms with Crippen molar-refractivity contribution >= 4 is 5.78 Å². The Morgan fingerprint density at radius 2 is 1.88 bits per heavy atom. The van der Waals surface area contributed by atoms with Crippen molar-refractivity contribution in [3.8, 4) is 5.75 Å². The molecule has 1 fully saturated rings. The lowest BCUT2D eigenvalue weighted by atomic mass is 9.90. The third-order valence-corrected chi connectivity index (χ3v) is 6.51. The van der Waals surface area contributed by atoms with Crippen molar-refractivity contribution < 1.29 is 23.0 Å². The Morgan fingerprint density at radius 1 is 1.09 bits per heavy atom. The molecule has 1 aliphatic heterocycles. The van der Waals surface area contributed by atoms with E-state index >= 15 is 0 Å². The third kappa shape index (κ3) is 12.8. The van der Waals surface area contributed by atoms with Crippen LogP contribution in [0.5, 0.6) is 5.75 Å². The Balaban J connectivity index is 1.79. The van der Waals surface area contributed by atoms with Gasteiger partial charge in [0.2, 0.25) is 0 Å². The van der Waals surface area contributed by atoms with Crippen LogP contribution in [0.3, 0.4) is 0 Å². The van der Waals surface area contributed by atoms with Crippen LogP contribution >= 0.6 is 0 Å². The van der Waals surface area contributed by atoms with Gasteiger partial charge in [0.15, 0.2) is 0 Å². The summed E-state index contributed by atoms with van der Waals surface area (Å²) in [7, 11) is 0. The Morgan fingerprint density at radius 3 is 2.59 bits per heavy atom. The van der Waals surface area contributed by atoms with Crippen LogP contribution in [0.25, 0.3) is 0 Å². The number of hydrogen-bond donors (Lipinski definition) is 0. The van der Waals surface area contributed by atoms with Crippen molar-refractivity contribution in [3.63, 3.8) is 0 Å². The van der Waals surface area contributed by atoms with Gasteiger partial charge in [-0.15, -0.1) is 0 Å². The molecular formula is C28H45F2NO3. The molecule has 0 aliphatic carbocycles. The molecule has 0 aromatic heterocycles. The van der Waals surface area contributed by atoms with Crippen LogP contribution in [-0.4, -0.2) is 63.0 Å². The summed E-state index contributed by atoms with van der Waals surface area (Å²) in [6.45, 7) is 5.39. The summed E-state index contributed by atoms with van der Waals surface area (Å²) in [6, 6.07) is 8.27. The van der Waals surface area contributed by atoms with E-state index in [1.807, 2.05) is 12.1 Å². The standard InChI is InChI=1S/C28H45F2NO3/c1-2-3-6-19-34-28-11-9-24(10-12-28)21-25(13-16-31-17-14-26(30)23-31)22-27(32)8-5-4-7-18-33-20-15-29/h9-12,25-26H,2-8,13-23H2,1H3. The molecule has 1 aromatic rings. The lowest BCUT2D eigenvalue weighted by Gasteiger charge is -2.21. The van der Waals surface area contributed by atoms with Crippen molar-refractivity contribution in [2.24, 2.45) is 5.92 Å². The molecule has 0 radical (unpaired) electrons. The summed E-state index contributed by atoms with van der Waals surface area (Å²) in [5.74, 6) is 1.46. The van der Waals surface area contributed by atoms with E-state index in [0.717, 1.165) is 64.0 Å². The minimum Gasteiger partial charge on any atom is -0.494 e. The van der Waals surface area contributed by atoms with E-state index in [1.54, 1.807) is 0 Å². The fourth-order valence-corrected chi connectivity index (χ4v) is 4.51. The smallest absolute Gasteiger partial charge is 0.133 e. The highest BCUT2D eigenvalue weighted by Crippen LogP contribution is 2.22. The highest BCUT2D eigenvalue weighted by molar-refractivity contribution is 5.78. The van der Waals surface area contributed by atoms with E-state index in [4.69, 9.17) is 9.47 Å². The predicted octanol–water partition coefficient (Wildman–Crippen LogP) is 6.35. The number of hydrogen-bond acceptors (Lipinski definition) is 4. The Hall–Kier alpha value is -1.53. The lowest BCUT2D eigenvalue weighted by molar-refractivity contribution is -0.120. The number of carbonyl (C=O) groups is 1. The van der Waals surface area contributed by atoms with Gasteiger partial charge >= 0.3 is 0 Å². The second-order valence-electron chi connectivity index (χ2n) is 9.60. The Bertz CT molecular complexity index is 656. The molecule has 0 N–H and O–H groups in total. The van der Waals surface area contributed by atoms with Crippen LogP contribution in [0.1, 0.15) is 76.7 Å². The molecule has 6 heteroatoms. The average Bonchev–Trinajstić information content (AvgIpc) is 3.26. The first-order valence-corrected chi connectivity index (χ1v) is 13.3. The van der Waals surface area contributed by atoms with Crippen molar-refractivity contribution in [2.75, 3.05) is 46.1 Å². The van der Waals surface area contributed by atoms with Gasteiger partial charge in [-0.3, -0.25) is 4.79 Å². The number of carbonyl (C=O) groups excluding carboxylic acids is 1. The topological polar surface area (TPSA) is 38.8 Å². The quantitative estimate of drug-likeness (QED) is 0.203. The van der Waals surface area contributed by atoms with E-state index in [1.165, 1.54) is 18.4 Å². The van der Waals surface area contributed by atoms with Gasteiger partial charge in [0.05, 0.1) is 13.2 Å². The number of benzene rings is 1. The van der Waals surface area contributed by atoms with E-state index in [0.29, 0.717) is 38.2 Å². The van der Waals surface area contributed by atoms with Crippen molar-refractivity contribution in [1.29, 1.82) is 0 Å². The number of likely N-dealkylation sites (tertiary alicyclic amines) is 1. The molecular weight excluding hydrogens is 436 g/mol. The van der Waals surface area contributed by atoms with Gasteiger partial charge < -0.3 is 14.4 Å². The van der Waals surface area contributed by atoms with Crippen LogP contribution in [0, 0.1) is 5.92 Å². The molecule has 0 spiro atoms. The largest absolute Gasteiger partial charge is 0.494 e. The van der Waals surface area contributed by atoms with Crippen molar-refractivity contribution in [1.82, 2.24) is 4.90 Å². The number of alkyl halides is 2. The zero-order valence-electron chi connectivity index (χ0n) is 21.1. The number of nitrogens with zero attached hydrogens (tertiary/aromatic N) is 1. The summed E-state index contributed by atoms with van der Waals surface area (Å²) >= 11 is 0. The summed E-state index contributed by atoms with van der Waals surface area (Å²) < 4.78 is 36.6. The number of rotatable bonds is 20. The molecule has 194 valence electrons. The maximum Gasteiger partial charge on any atom is 0.133 e. The highest BCUT2D eigenvalue weighted by atomic mass is 19.1. The maximum atomic E-state index is 13.6. The average molecular weight is 482 g/mol. The molecule has 0 bridgehead atoms. The van der Waals surface area contributed by atoms with E-state index in [2.05, 4.69) is 24.0 Å². The van der Waals surface area contributed by atoms with Gasteiger partial charge in [-0.05, 0) is 68.7 Å². The first-order chi connectivity index (χ1) is 16.6. The molecule has 0 saturated carbocycles. The number of ether oxygens (including phenoxy) is 2. The zero-order valence-corrected chi connectivity index (χ0v) is 21.1. The van der Waals surface area contributed by atoms with Gasteiger partial charge in [-0.25, -0.2) is 8.78 Å². The number of unbranched alkanes of at least 4 members (excludes halogenated alkanes) is 4. The molecule has 1 aliphatic rings.